The quantitative estimate of drug-likeness (QED) is 0.642. The van der Waals surface area contributed by atoms with Gasteiger partial charge in [-0.2, -0.15) is 0 Å². The summed E-state index contributed by atoms with van der Waals surface area (Å²) in [5, 5.41) is 12.3. The maximum atomic E-state index is 12.0. The molecule has 0 saturated carbocycles. The molecule has 104 valence electrons. The van der Waals surface area contributed by atoms with Crippen molar-refractivity contribution in [3.8, 4) is 0 Å². The zero-order valence-corrected chi connectivity index (χ0v) is 11.0. The van der Waals surface area contributed by atoms with E-state index >= 15 is 0 Å². The summed E-state index contributed by atoms with van der Waals surface area (Å²) in [5.74, 6) is 0.0175. The van der Waals surface area contributed by atoms with Crippen LogP contribution >= 0.6 is 0 Å². The molecule has 0 aromatic heterocycles. The van der Waals surface area contributed by atoms with Crippen molar-refractivity contribution in [1.82, 2.24) is 15.1 Å². The number of carbonyl (C=O) groups is 1. The molecule has 2 aliphatic rings. The predicted molar refractivity (Wildman–Crippen MR) is 67.3 cm³/mol. The molecule has 2 saturated heterocycles. The lowest BCUT2D eigenvalue weighted by molar-refractivity contribution is -0.138. The molecule has 0 spiro atoms. The SMILES string of the molecule is CC1CN(CCN2CCOCC2)C(=O)C(CO)N1. The standard InChI is InChI=1S/C12H23N3O3/c1-10-8-15(12(17)11(9-16)13-10)3-2-14-4-6-18-7-5-14/h10-11,13,16H,2-9H2,1H3. The highest BCUT2D eigenvalue weighted by Crippen LogP contribution is 2.07. The molecule has 1 amide bonds. The van der Waals surface area contributed by atoms with Crippen molar-refractivity contribution in [2.45, 2.75) is 19.0 Å². The molecule has 2 heterocycles. The second kappa shape index (κ2) is 6.47. The van der Waals surface area contributed by atoms with Gasteiger partial charge in [0.15, 0.2) is 0 Å². The Morgan fingerprint density at radius 1 is 1.39 bits per heavy atom. The number of aliphatic hydroxyl groups excluding tert-OH is 1. The summed E-state index contributed by atoms with van der Waals surface area (Å²) in [6.07, 6.45) is 0. The van der Waals surface area contributed by atoms with Crippen LogP contribution in [-0.4, -0.2) is 85.4 Å². The van der Waals surface area contributed by atoms with Gasteiger partial charge in [0, 0.05) is 38.8 Å². The number of carbonyl (C=O) groups excluding carboxylic acids is 1. The monoisotopic (exact) mass is 257 g/mol. The van der Waals surface area contributed by atoms with Crippen LogP contribution in [0.3, 0.4) is 0 Å². The zero-order chi connectivity index (χ0) is 13.0. The van der Waals surface area contributed by atoms with Crippen LogP contribution in [0, 0.1) is 0 Å². The minimum absolute atomic E-state index is 0.0175. The third-order valence-electron chi connectivity index (χ3n) is 3.56. The molecular formula is C12H23N3O3. The van der Waals surface area contributed by atoms with E-state index in [0.29, 0.717) is 0 Å². The van der Waals surface area contributed by atoms with E-state index in [4.69, 9.17) is 4.74 Å². The van der Waals surface area contributed by atoms with Crippen LogP contribution < -0.4 is 5.32 Å². The van der Waals surface area contributed by atoms with Gasteiger partial charge in [0.05, 0.1) is 19.8 Å². The molecule has 2 unspecified atom stereocenters. The molecule has 18 heavy (non-hydrogen) atoms. The highest BCUT2D eigenvalue weighted by molar-refractivity contribution is 5.83. The highest BCUT2D eigenvalue weighted by Gasteiger charge is 2.31. The van der Waals surface area contributed by atoms with Gasteiger partial charge in [-0.1, -0.05) is 0 Å². The van der Waals surface area contributed by atoms with E-state index in [-0.39, 0.29) is 18.6 Å². The Morgan fingerprint density at radius 3 is 2.78 bits per heavy atom. The average Bonchev–Trinajstić information content (AvgIpc) is 2.40. The molecule has 2 rings (SSSR count). The fourth-order valence-electron chi connectivity index (χ4n) is 2.53. The average molecular weight is 257 g/mol. The molecule has 2 N–H and O–H groups in total. The molecule has 0 bridgehead atoms. The highest BCUT2D eigenvalue weighted by atomic mass is 16.5. The largest absolute Gasteiger partial charge is 0.394 e. The van der Waals surface area contributed by atoms with E-state index in [2.05, 4.69) is 10.2 Å². The summed E-state index contributed by atoms with van der Waals surface area (Å²) in [7, 11) is 0. The van der Waals surface area contributed by atoms with Gasteiger partial charge in [0.1, 0.15) is 6.04 Å². The molecule has 2 aliphatic heterocycles. The minimum Gasteiger partial charge on any atom is -0.394 e. The number of amides is 1. The molecule has 0 aliphatic carbocycles. The van der Waals surface area contributed by atoms with Crippen LogP contribution in [0.5, 0.6) is 0 Å². The molecule has 6 nitrogen and oxygen atoms in total. The number of piperazine rings is 1. The van der Waals surface area contributed by atoms with E-state index in [0.717, 1.165) is 45.9 Å². The van der Waals surface area contributed by atoms with E-state index in [1.54, 1.807) is 0 Å². The molecular weight excluding hydrogens is 234 g/mol. The number of nitrogens with zero attached hydrogens (tertiary/aromatic N) is 2. The minimum atomic E-state index is -0.432. The number of nitrogens with one attached hydrogen (secondary N) is 1. The van der Waals surface area contributed by atoms with E-state index in [1.165, 1.54) is 0 Å². The summed E-state index contributed by atoms with van der Waals surface area (Å²) in [6.45, 7) is 7.71. The summed E-state index contributed by atoms with van der Waals surface area (Å²) in [6, 6.07) is -0.192. The Balaban J connectivity index is 1.81. The Morgan fingerprint density at radius 2 is 2.11 bits per heavy atom. The fourth-order valence-corrected chi connectivity index (χ4v) is 2.53. The first kappa shape index (κ1) is 13.7. The Hall–Kier alpha value is -0.690. The fraction of sp³-hybridized carbons (Fsp3) is 0.917. The van der Waals surface area contributed by atoms with E-state index in [9.17, 15) is 9.90 Å². The Labute approximate surface area is 108 Å². The van der Waals surface area contributed by atoms with Crippen molar-refractivity contribution in [1.29, 1.82) is 0 Å². The van der Waals surface area contributed by atoms with Crippen molar-refractivity contribution in [3.05, 3.63) is 0 Å². The maximum Gasteiger partial charge on any atom is 0.242 e. The summed E-state index contributed by atoms with van der Waals surface area (Å²) >= 11 is 0. The van der Waals surface area contributed by atoms with Gasteiger partial charge in [-0.05, 0) is 6.92 Å². The first-order chi connectivity index (χ1) is 8.70. The van der Waals surface area contributed by atoms with Gasteiger partial charge >= 0.3 is 0 Å². The van der Waals surface area contributed by atoms with Gasteiger partial charge in [-0.15, -0.1) is 0 Å². The molecule has 2 atom stereocenters. The van der Waals surface area contributed by atoms with Gasteiger partial charge in [-0.3, -0.25) is 15.0 Å². The summed E-state index contributed by atoms with van der Waals surface area (Å²) in [4.78, 5) is 16.2. The summed E-state index contributed by atoms with van der Waals surface area (Å²) in [5.41, 5.74) is 0. The zero-order valence-electron chi connectivity index (χ0n) is 11.0. The van der Waals surface area contributed by atoms with E-state index < -0.39 is 6.04 Å². The third-order valence-corrected chi connectivity index (χ3v) is 3.56. The van der Waals surface area contributed by atoms with Crippen LogP contribution in [0.15, 0.2) is 0 Å². The second-order valence-electron chi connectivity index (χ2n) is 5.04. The van der Waals surface area contributed by atoms with Gasteiger partial charge in [0.2, 0.25) is 5.91 Å². The number of morpholine rings is 1. The van der Waals surface area contributed by atoms with Gasteiger partial charge in [-0.25, -0.2) is 0 Å². The van der Waals surface area contributed by atoms with Crippen molar-refractivity contribution in [3.63, 3.8) is 0 Å². The number of hydrogen-bond acceptors (Lipinski definition) is 5. The number of hydrogen-bond donors (Lipinski definition) is 2. The van der Waals surface area contributed by atoms with Crippen LogP contribution in [0.25, 0.3) is 0 Å². The van der Waals surface area contributed by atoms with Gasteiger partial charge < -0.3 is 14.7 Å². The van der Waals surface area contributed by atoms with Gasteiger partial charge in [0.25, 0.3) is 0 Å². The van der Waals surface area contributed by atoms with Crippen LogP contribution in [0.2, 0.25) is 0 Å². The third kappa shape index (κ3) is 3.41. The molecule has 0 aromatic rings. The number of ether oxygens (including phenoxy) is 1. The lowest BCUT2D eigenvalue weighted by Gasteiger charge is -2.38. The molecule has 0 radical (unpaired) electrons. The normalized spacial score (nSPS) is 30.8. The summed E-state index contributed by atoms with van der Waals surface area (Å²) < 4.78 is 5.30. The number of rotatable bonds is 4. The first-order valence-electron chi connectivity index (χ1n) is 6.66. The lowest BCUT2D eigenvalue weighted by Crippen LogP contribution is -2.61. The lowest BCUT2D eigenvalue weighted by atomic mass is 10.1. The Bertz CT molecular complexity index is 282. The van der Waals surface area contributed by atoms with Crippen molar-refractivity contribution >= 4 is 5.91 Å². The Kier molecular flexibility index (Phi) is 4.94. The van der Waals surface area contributed by atoms with Crippen LogP contribution in [0.4, 0.5) is 0 Å². The molecule has 6 heteroatoms. The number of aliphatic hydroxyl groups is 1. The van der Waals surface area contributed by atoms with Crippen LogP contribution in [-0.2, 0) is 9.53 Å². The predicted octanol–water partition coefficient (Wildman–Crippen LogP) is -1.50. The van der Waals surface area contributed by atoms with Crippen molar-refractivity contribution < 1.29 is 14.6 Å². The molecule has 2 fully saturated rings. The maximum absolute atomic E-state index is 12.0. The topological polar surface area (TPSA) is 65.0 Å². The van der Waals surface area contributed by atoms with Crippen LogP contribution in [0.1, 0.15) is 6.92 Å². The van der Waals surface area contributed by atoms with Crippen molar-refractivity contribution in [2.24, 2.45) is 0 Å². The molecule has 0 aromatic carbocycles. The van der Waals surface area contributed by atoms with Crippen molar-refractivity contribution in [2.75, 3.05) is 52.5 Å². The van der Waals surface area contributed by atoms with E-state index in [1.807, 2.05) is 11.8 Å². The first-order valence-corrected chi connectivity index (χ1v) is 6.66. The smallest absolute Gasteiger partial charge is 0.242 e. The second-order valence-corrected chi connectivity index (χ2v) is 5.04.